The quantitative estimate of drug-likeness (QED) is 0.147. The molecule has 0 aliphatic heterocycles. The molecular weight excluding hydrogens is 1430 g/mol. The number of furan rings is 4. The van der Waals surface area contributed by atoms with E-state index in [1.807, 2.05) is 61.2 Å². The van der Waals surface area contributed by atoms with Gasteiger partial charge in [0.2, 0.25) is 0 Å². The first kappa shape index (κ1) is 63.8. The van der Waals surface area contributed by atoms with E-state index in [-0.39, 0.29) is 0 Å². The summed E-state index contributed by atoms with van der Waals surface area (Å²) in [5.41, 5.74) is 31.3. The summed E-state index contributed by atoms with van der Waals surface area (Å²) in [6, 6.07) is 117. The number of benzene rings is 14. The summed E-state index contributed by atoms with van der Waals surface area (Å²) in [7, 11) is 0. The Morgan fingerprint density at radius 2 is 0.474 bits per heavy atom. The highest BCUT2D eigenvalue weighted by molar-refractivity contribution is 6.17. The van der Waals surface area contributed by atoms with Gasteiger partial charge in [-0.05, 0) is 239 Å². The van der Waals surface area contributed by atoms with Gasteiger partial charge in [-0.25, -0.2) is 0 Å². The lowest BCUT2D eigenvalue weighted by Crippen LogP contribution is -1.94. The number of para-hydroxylation sites is 4. The second-order valence-electron chi connectivity index (χ2n) is 30.1. The Kier molecular flexibility index (Phi) is 13.6. The minimum absolute atomic E-state index is 0.798. The van der Waals surface area contributed by atoms with E-state index in [0.29, 0.717) is 0 Å². The van der Waals surface area contributed by atoms with Crippen molar-refractivity contribution in [3.8, 4) is 67.3 Å². The number of aromatic nitrogens is 8. The van der Waals surface area contributed by atoms with Crippen LogP contribution in [0.1, 0.15) is 0 Å². The van der Waals surface area contributed by atoms with Crippen LogP contribution in [0.5, 0.6) is 0 Å². The first-order valence-electron chi connectivity index (χ1n) is 38.9. The van der Waals surface area contributed by atoms with E-state index >= 15 is 0 Å². The average molecular weight is 1490 g/mol. The SMILES string of the molecule is c1cc(-c2ccc3oc4cccnc4c3c2)cc(-n2c3ccccc3c3cc(-c4ccc5c(c4)c4ccccc4n5-c4cccc(-c5ccc6oc7cccnc7c6c5)c4)ccc32)c1.c1ccc2c(c1)c1cc(-c3ccc4c(c3)c3ccccc3n4-c3ccc4oc5cnccc5c4c3)ccc1n2-c1ccc2oc3cnccc3c2c1. The smallest absolute Gasteiger partial charge is 0.153 e. The van der Waals surface area contributed by atoms with E-state index in [1.165, 1.54) is 87.4 Å². The fourth-order valence-electron chi connectivity index (χ4n) is 18.4. The molecule has 0 N–H and O–H groups in total. The zero-order chi connectivity index (χ0) is 75.8. The maximum Gasteiger partial charge on any atom is 0.153 e. The van der Waals surface area contributed by atoms with Gasteiger partial charge in [0.05, 0.1) is 56.5 Å². The van der Waals surface area contributed by atoms with E-state index in [9.17, 15) is 0 Å². The number of hydrogen-bond donors (Lipinski definition) is 0. The van der Waals surface area contributed by atoms with Gasteiger partial charge in [-0.3, -0.25) is 19.9 Å². The van der Waals surface area contributed by atoms with Crippen molar-refractivity contribution >= 4 is 175 Å². The second-order valence-corrected chi connectivity index (χ2v) is 30.1. The molecule has 0 atom stereocenters. The van der Waals surface area contributed by atoms with Gasteiger partial charge in [0.15, 0.2) is 22.3 Å². The molecule has 12 heteroatoms. The van der Waals surface area contributed by atoms with Crippen LogP contribution in [-0.2, 0) is 0 Å². The zero-order valence-electron chi connectivity index (χ0n) is 61.9. The predicted molar refractivity (Wildman–Crippen MR) is 472 cm³/mol. The minimum atomic E-state index is 0.798. The second kappa shape index (κ2) is 24.8. The summed E-state index contributed by atoms with van der Waals surface area (Å²) < 4.78 is 33.9. The first-order chi connectivity index (χ1) is 57.5. The lowest BCUT2D eigenvalue weighted by Gasteiger charge is -2.11. The van der Waals surface area contributed by atoms with Crippen LogP contribution in [0.3, 0.4) is 0 Å². The molecule has 0 radical (unpaired) electrons. The molecule has 0 amide bonds. The van der Waals surface area contributed by atoms with E-state index in [1.54, 1.807) is 12.4 Å². The van der Waals surface area contributed by atoms with Crippen LogP contribution in [0.15, 0.2) is 382 Å². The summed E-state index contributed by atoms with van der Waals surface area (Å²) >= 11 is 0. The molecule has 116 heavy (non-hydrogen) atoms. The van der Waals surface area contributed by atoms with Crippen molar-refractivity contribution < 1.29 is 17.7 Å². The van der Waals surface area contributed by atoms with Crippen molar-refractivity contribution in [3.63, 3.8) is 0 Å². The van der Waals surface area contributed by atoms with Crippen LogP contribution in [-0.4, -0.2) is 38.2 Å². The molecule has 540 valence electrons. The Morgan fingerprint density at radius 3 is 0.853 bits per heavy atom. The van der Waals surface area contributed by atoms with Gasteiger partial charge in [-0.1, -0.05) is 133 Å². The van der Waals surface area contributed by atoms with Crippen LogP contribution in [0.2, 0.25) is 0 Å². The third kappa shape index (κ3) is 9.74. The van der Waals surface area contributed by atoms with Crippen molar-refractivity contribution in [1.29, 1.82) is 0 Å². The molecule has 0 bridgehead atoms. The summed E-state index contributed by atoms with van der Waals surface area (Å²) in [4.78, 5) is 17.8. The maximum atomic E-state index is 6.10. The molecule has 14 aromatic carbocycles. The third-order valence-corrected chi connectivity index (χ3v) is 23.7. The van der Waals surface area contributed by atoms with E-state index < -0.39 is 0 Å². The van der Waals surface area contributed by atoms with Gasteiger partial charge < -0.3 is 35.9 Å². The number of rotatable bonds is 8. The lowest BCUT2D eigenvalue weighted by molar-refractivity contribution is 0.666. The average Bonchev–Trinajstić information content (AvgIpc) is 1.59. The van der Waals surface area contributed by atoms with Gasteiger partial charge in [0.25, 0.3) is 0 Å². The molecule has 0 unspecified atom stereocenters. The Bertz CT molecular complexity index is 8150. The van der Waals surface area contributed by atoms with Crippen LogP contribution in [0, 0.1) is 0 Å². The van der Waals surface area contributed by atoms with E-state index in [4.69, 9.17) is 17.7 Å². The molecule has 0 saturated carbocycles. The lowest BCUT2D eigenvalue weighted by atomic mass is 10.0. The molecule has 0 saturated heterocycles. The normalized spacial score (nSPS) is 12.1. The van der Waals surface area contributed by atoms with E-state index in [2.05, 4.69) is 329 Å². The third-order valence-electron chi connectivity index (χ3n) is 23.7. The molecule has 0 fully saturated rings. The highest BCUT2D eigenvalue weighted by Crippen LogP contribution is 2.45. The number of fused-ring (bicyclic) bond motifs is 24. The van der Waals surface area contributed by atoms with Crippen molar-refractivity contribution in [3.05, 3.63) is 365 Å². The van der Waals surface area contributed by atoms with Crippen LogP contribution >= 0.6 is 0 Å². The molecular formula is C104H60N8O4. The van der Waals surface area contributed by atoms with Gasteiger partial charge >= 0.3 is 0 Å². The van der Waals surface area contributed by atoms with Crippen molar-refractivity contribution in [2.24, 2.45) is 0 Å². The van der Waals surface area contributed by atoms with E-state index in [0.717, 1.165) is 155 Å². The maximum absolute atomic E-state index is 6.10. The van der Waals surface area contributed by atoms with Gasteiger partial charge in [-0.2, -0.15) is 0 Å². The van der Waals surface area contributed by atoms with Gasteiger partial charge in [-0.15, -0.1) is 0 Å². The Labute approximate surface area is 659 Å². The fourth-order valence-corrected chi connectivity index (χ4v) is 18.4. The van der Waals surface area contributed by atoms with Crippen molar-refractivity contribution in [2.75, 3.05) is 0 Å². The predicted octanol–water partition coefficient (Wildman–Crippen LogP) is 27.6. The van der Waals surface area contributed by atoms with Crippen LogP contribution < -0.4 is 0 Å². The molecule has 0 aliphatic carbocycles. The molecule has 0 spiro atoms. The summed E-state index contributed by atoms with van der Waals surface area (Å²) in [6.45, 7) is 0. The highest BCUT2D eigenvalue weighted by Gasteiger charge is 2.23. The van der Waals surface area contributed by atoms with Crippen LogP contribution in [0.4, 0.5) is 0 Å². The largest absolute Gasteiger partial charge is 0.454 e. The fraction of sp³-hybridized carbons (Fsp3) is 0. The monoisotopic (exact) mass is 1480 g/mol. The van der Waals surface area contributed by atoms with Gasteiger partial charge in [0, 0.05) is 123 Å². The Balaban J connectivity index is 0.000000133. The topological polar surface area (TPSA) is 124 Å². The minimum Gasteiger partial charge on any atom is -0.454 e. The highest BCUT2D eigenvalue weighted by atomic mass is 16.3. The van der Waals surface area contributed by atoms with Crippen LogP contribution in [0.25, 0.3) is 242 Å². The first-order valence-corrected chi connectivity index (χ1v) is 38.9. The standard InChI is InChI=1S/C58H34N4O2.C46H26N4O2/c1-3-15-49-43(13-1)45-31-37(19-23-51(45)61(49)41-11-5-9-35(29-41)39-21-25-53-47(33-39)57-55(63-53)17-7-27-59-57)38-20-24-52-46(32-38)44-14-2-4-16-50(44)62(52)42-12-6-10-36(30-42)40-22-26-54-48(34-40)58-56(64-54)18-8-28-60-58;1-3-7-39-31(5-1)35-21-27(9-13-41(35)49(39)29-11-15-43-37(23-29)33-17-19-47-25-45(33)51-43)28-10-14-42-36(22-28)32-6-2-4-8-40(32)50(42)30-12-16-44-38(24-30)34-18-20-48-26-46(34)52-44/h1-34H;1-26H. The molecule has 12 nitrogen and oxygen atoms in total. The summed E-state index contributed by atoms with van der Waals surface area (Å²) in [5, 5.41) is 16.1. The summed E-state index contributed by atoms with van der Waals surface area (Å²) in [5.74, 6) is 0. The zero-order valence-corrected chi connectivity index (χ0v) is 61.9. The molecule has 26 rings (SSSR count). The number of hydrogen-bond acceptors (Lipinski definition) is 8. The number of pyridine rings is 4. The van der Waals surface area contributed by atoms with Gasteiger partial charge in [0.1, 0.15) is 33.4 Å². The molecule has 12 heterocycles. The molecule has 0 aliphatic rings. The summed E-state index contributed by atoms with van der Waals surface area (Å²) in [6.07, 6.45) is 10.8. The molecule has 26 aromatic rings. The van der Waals surface area contributed by atoms with Crippen molar-refractivity contribution in [2.45, 2.75) is 0 Å². The Hall–Kier alpha value is -15.9. The van der Waals surface area contributed by atoms with Crippen molar-refractivity contribution in [1.82, 2.24) is 38.2 Å². The Morgan fingerprint density at radius 1 is 0.172 bits per heavy atom. The molecule has 12 aromatic heterocycles. The number of nitrogens with zero attached hydrogens (tertiary/aromatic N) is 8.